The number of likely N-dealkylation sites (N-methyl/N-ethyl adjacent to an activating group) is 1. The van der Waals surface area contributed by atoms with Crippen molar-refractivity contribution in [3.05, 3.63) is 29.3 Å². The first-order valence-electron chi connectivity index (χ1n) is 5.45. The van der Waals surface area contributed by atoms with Crippen LogP contribution in [0.5, 0.6) is 5.75 Å². The van der Waals surface area contributed by atoms with Gasteiger partial charge in [-0.05, 0) is 37.2 Å². The van der Waals surface area contributed by atoms with Crippen LogP contribution in [-0.2, 0) is 5.41 Å². The smallest absolute Gasteiger partial charge is 0.115 e. The Morgan fingerprint density at radius 1 is 1.40 bits per heavy atom. The predicted octanol–water partition coefficient (Wildman–Crippen LogP) is 2.68. The van der Waals surface area contributed by atoms with Crippen LogP contribution in [0.4, 0.5) is 0 Å². The number of rotatable bonds is 0. The molecule has 0 saturated heterocycles. The summed E-state index contributed by atoms with van der Waals surface area (Å²) in [7, 11) is 2.15. The number of phenols is 1. The van der Waals surface area contributed by atoms with Gasteiger partial charge >= 0.3 is 0 Å². The minimum Gasteiger partial charge on any atom is -0.508 e. The maximum Gasteiger partial charge on any atom is 0.115 e. The van der Waals surface area contributed by atoms with Crippen LogP contribution in [0.1, 0.15) is 37.9 Å². The highest BCUT2D eigenvalue weighted by Gasteiger charge is 2.33. The fourth-order valence-electron chi connectivity index (χ4n) is 2.58. The van der Waals surface area contributed by atoms with Gasteiger partial charge in [0.25, 0.3) is 0 Å². The van der Waals surface area contributed by atoms with Gasteiger partial charge < -0.3 is 5.11 Å². The molecule has 0 fully saturated rings. The van der Waals surface area contributed by atoms with Crippen molar-refractivity contribution >= 4 is 0 Å². The third-order valence-corrected chi connectivity index (χ3v) is 3.52. The number of hydrogen-bond acceptors (Lipinski definition) is 2. The molecule has 1 aliphatic rings. The van der Waals surface area contributed by atoms with Gasteiger partial charge in [-0.2, -0.15) is 0 Å². The summed E-state index contributed by atoms with van der Waals surface area (Å²) in [5, 5.41) is 9.56. The molecule has 1 aromatic carbocycles. The molecule has 1 heterocycles. The SMILES string of the molecule is CC1c2ccc(O)cc2C(C)(C)CN1C. The normalized spacial score (nSPS) is 24.9. The summed E-state index contributed by atoms with van der Waals surface area (Å²) in [6, 6.07) is 6.18. The van der Waals surface area contributed by atoms with E-state index in [1.807, 2.05) is 12.1 Å². The molecule has 2 heteroatoms. The number of phenolic OH excluding ortho intramolecular Hbond substituents is 1. The zero-order valence-electron chi connectivity index (χ0n) is 9.91. The van der Waals surface area contributed by atoms with Gasteiger partial charge in [0.05, 0.1) is 0 Å². The Bertz CT molecular complexity index is 384. The highest BCUT2D eigenvalue weighted by atomic mass is 16.3. The van der Waals surface area contributed by atoms with Crippen LogP contribution in [0.2, 0.25) is 0 Å². The van der Waals surface area contributed by atoms with E-state index in [-0.39, 0.29) is 5.41 Å². The Morgan fingerprint density at radius 2 is 2.07 bits per heavy atom. The number of fused-ring (bicyclic) bond motifs is 1. The largest absolute Gasteiger partial charge is 0.508 e. The first-order chi connectivity index (χ1) is 6.92. The van der Waals surface area contributed by atoms with E-state index in [0.29, 0.717) is 11.8 Å². The average Bonchev–Trinajstić information content (AvgIpc) is 2.14. The van der Waals surface area contributed by atoms with Gasteiger partial charge in [-0.15, -0.1) is 0 Å². The minimum atomic E-state index is 0.120. The van der Waals surface area contributed by atoms with Gasteiger partial charge in [0, 0.05) is 18.0 Å². The summed E-state index contributed by atoms with van der Waals surface area (Å²) in [5.74, 6) is 0.374. The monoisotopic (exact) mass is 205 g/mol. The third-order valence-electron chi connectivity index (χ3n) is 3.52. The Labute approximate surface area is 91.5 Å². The Balaban J connectivity index is 2.59. The summed E-state index contributed by atoms with van der Waals surface area (Å²) >= 11 is 0. The van der Waals surface area contributed by atoms with Crippen LogP contribution in [0.15, 0.2) is 18.2 Å². The van der Waals surface area contributed by atoms with Crippen molar-refractivity contribution in [2.24, 2.45) is 0 Å². The van der Waals surface area contributed by atoms with Gasteiger partial charge in [-0.3, -0.25) is 4.90 Å². The summed E-state index contributed by atoms with van der Waals surface area (Å²) < 4.78 is 0. The molecule has 2 rings (SSSR count). The second-order valence-electron chi connectivity index (χ2n) is 5.25. The van der Waals surface area contributed by atoms with E-state index < -0.39 is 0 Å². The lowest BCUT2D eigenvalue weighted by Crippen LogP contribution is -2.41. The Hall–Kier alpha value is -1.02. The Morgan fingerprint density at radius 3 is 2.73 bits per heavy atom. The van der Waals surface area contributed by atoms with Crippen molar-refractivity contribution in [2.45, 2.75) is 32.2 Å². The molecule has 0 aromatic heterocycles. The van der Waals surface area contributed by atoms with Crippen molar-refractivity contribution in [2.75, 3.05) is 13.6 Å². The fourth-order valence-corrected chi connectivity index (χ4v) is 2.58. The first-order valence-corrected chi connectivity index (χ1v) is 5.45. The molecule has 0 bridgehead atoms. The molecule has 0 saturated carbocycles. The van der Waals surface area contributed by atoms with Crippen LogP contribution in [0.25, 0.3) is 0 Å². The van der Waals surface area contributed by atoms with E-state index in [2.05, 4.69) is 32.7 Å². The lowest BCUT2D eigenvalue weighted by atomic mass is 9.76. The molecule has 0 spiro atoms. The molecule has 0 aliphatic carbocycles. The fraction of sp³-hybridized carbons (Fsp3) is 0.538. The molecular formula is C13H19NO. The summed E-state index contributed by atoms with van der Waals surface area (Å²) in [5.41, 5.74) is 2.75. The molecule has 0 radical (unpaired) electrons. The van der Waals surface area contributed by atoms with E-state index in [9.17, 15) is 5.11 Å². The van der Waals surface area contributed by atoms with Crippen molar-refractivity contribution in [1.29, 1.82) is 0 Å². The second-order valence-corrected chi connectivity index (χ2v) is 5.25. The second kappa shape index (κ2) is 3.24. The topological polar surface area (TPSA) is 23.5 Å². The third kappa shape index (κ3) is 1.63. The number of benzene rings is 1. The molecule has 82 valence electrons. The van der Waals surface area contributed by atoms with Crippen LogP contribution >= 0.6 is 0 Å². The van der Waals surface area contributed by atoms with Crippen LogP contribution < -0.4 is 0 Å². The van der Waals surface area contributed by atoms with Gasteiger partial charge in [0.15, 0.2) is 0 Å². The highest BCUT2D eigenvalue weighted by molar-refractivity contribution is 5.43. The van der Waals surface area contributed by atoms with E-state index in [0.717, 1.165) is 6.54 Å². The van der Waals surface area contributed by atoms with E-state index >= 15 is 0 Å². The number of hydrogen-bond donors (Lipinski definition) is 1. The lowest BCUT2D eigenvalue weighted by Gasteiger charge is -2.42. The first kappa shape index (κ1) is 10.5. The van der Waals surface area contributed by atoms with Gasteiger partial charge in [-0.1, -0.05) is 19.9 Å². The van der Waals surface area contributed by atoms with Gasteiger partial charge in [-0.25, -0.2) is 0 Å². The molecule has 1 unspecified atom stereocenters. The minimum absolute atomic E-state index is 0.120. The zero-order chi connectivity index (χ0) is 11.2. The van der Waals surface area contributed by atoms with E-state index in [1.54, 1.807) is 6.07 Å². The molecule has 1 atom stereocenters. The standard InChI is InChI=1S/C13H19NO/c1-9-11-6-5-10(15)7-12(11)13(2,3)8-14(9)4/h5-7,9,15H,8H2,1-4H3. The Kier molecular flexibility index (Phi) is 2.27. The summed E-state index contributed by atoms with van der Waals surface area (Å²) in [6.45, 7) is 7.71. The highest BCUT2D eigenvalue weighted by Crippen LogP contribution is 2.39. The quantitative estimate of drug-likeness (QED) is 0.704. The van der Waals surface area contributed by atoms with Crippen LogP contribution in [0, 0.1) is 0 Å². The van der Waals surface area contributed by atoms with Crippen LogP contribution in [-0.4, -0.2) is 23.6 Å². The van der Waals surface area contributed by atoms with Crippen molar-refractivity contribution in [1.82, 2.24) is 4.90 Å². The molecule has 1 aromatic rings. The average molecular weight is 205 g/mol. The molecule has 0 amide bonds. The summed E-state index contributed by atoms with van der Waals surface area (Å²) in [4.78, 5) is 2.36. The van der Waals surface area contributed by atoms with Gasteiger partial charge in [0.1, 0.15) is 5.75 Å². The molecule has 2 nitrogen and oxygen atoms in total. The van der Waals surface area contributed by atoms with Crippen LogP contribution in [0.3, 0.4) is 0 Å². The van der Waals surface area contributed by atoms with Crippen molar-refractivity contribution < 1.29 is 5.11 Å². The molecule has 1 aliphatic heterocycles. The molecular weight excluding hydrogens is 186 g/mol. The lowest BCUT2D eigenvalue weighted by molar-refractivity contribution is 0.187. The number of aromatic hydroxyl groups is 1. The van der Waals surface area contributed by atoms with E-state index in [4.69, 9.17) is 0 Å². The molecule has 1 N–H and O–H groups in total. The zero-order valence-corrected chi connectivity index (χ0v) is 9.91. The molecule has 15 heavy (non-hydrogen) atoms. The predicted molar refractivity (Wildman–Crippen MR) is 62.2 cm³/mol. The number of nitrogens with zero attached hydrogens (tertiary/aromatic N) is 1. The van der Waals surface area contributed by atoms with Crippen molar-refractivity contribution in [3.63, 3.8) is 0 Å². The maximum absolute atomic E-state index is 9.56. The maximum atomic E-state index is 9.56. The van der Waals surface area contributed by atoms with Crippen molar-refractivity contribution in [3.8, 4) is 5.75 Å². The van der Waals surface area contributed by atoms with E-state index in [1.165, 1.54) is 11.1 Å². The summed E-state index contributed by atoms with van der Waals surface area (Å²) in [6.07, 6.45) is 0. The van der Waals surface area contributed by atoms with Gasteiger partial charge in [0.2, 0.25) is 0 Å².